The first-order valence-corrected chi connectivity index (χ1v) is 13.6. The topological polar surface area (TPSA) is 18.5 Å². The van der Waals surface area contributed by atoms with Crippen molar-refractivity contribution in [3.63, 3.8) is 0 Å². The molecular formula is C30H31O2S+. The predicted molar refractivity (Wildman–Crippen MR) is 132 cm³/mol. The van der Waals surface area contributed by atoms with Crippen LogP contribution < -0.4 is 4.74 Å². The van der Waals surface area contributed by atoms with Crippen molar-refractivity contribution in [2.24, 2.45) is 29.1 Å². The standard InChI is InChI=1S/C30H31O2S/c1-19-13-25(33(23-9-5-3-6-10-23)24-11-7-4-8-12-24)14-20(2)28(19)31-18-32-29-26-16-21-15-22-17-27(29)30(21,22)26/h3-14,21-22,26-27,29H,15-18H2,1-2H3/q+1. The van der Waals surface area contributed by atoms with Gasteiger partial charge in [-0.15, -0.1) is 0 Å². The molecule has 3 aromatic carbocycles. The van der Waals surface area contributed by atoms with E-state index in [0.29, 0.717) is 12.9 Å². The van der Waals surface area contributed by atoms with E-state index in [1.54, 1.807) is 0 Å². The van der Waals surface area contributed by atoms with Gasteiger partial charge in [-0.2, -0.15) is 0 Å². The Labute approximate surface area is 199 Å². The second kappa shape index (κ2) is 7.38. The van der Waals surface area contributed by atoms with Crippen molar-refractivity contribution in [1.82, 2.24) is 0 Å². The molecule has 1 spiro atoms. The normalized spacial score (nSPS) is 32.5. The van der Waals surface area contributed by atoms with Crippen molar-refractivity contribution in [2.45, 2.75) is 53.9 Å². The van der Waals surface area contributed by atoms with E-state index >= 15 is 0 Å². The molecule has 7 rings (SSSR count). The summed E-state index contributed by atoms with van der Waals surface area (Å²) in [5.74, 6) is 4.76. The summed E-state index contributed by atoms with van der Waals surface area (Å²) in [4.78, 5) is 4.02. The number of benzene rings is 3. The van der Waals surface area contributed by atoms with Gasteiger partial charge in [-0.1, -0.05) is 36.4 Å². The van der Waals surface area contributed by atoms with Gasteiger partial charge < -0.3 is 9.47 Å². The van der Waals surface area contributed by atoms with E-state index in [4.69, 9.17) is 9.47 Å². The lowest BCUT2D eigenvalue weighted by Gasteiger charge is -2.88. The highest BCUT2D eigenvalue weighted by atomic mass is 32.2. The third-order valence-electron chi connectivity index (χ3n) is 9.23. The third-order valence-corrected chi connectivity index (χ3v) is 11.4. The Bertz CT molecular complexity index is 1110. The van der Waals surface area contributed by atoms with Crippen LogP contribution >= 0.6 is 0 Å². The van der Waals surface area contributed by atoms with Gasteiger partial charge in [0.05, 0.1) is 17.0 Å². The van der Waals surface area contributed by atoms with Crippen LogP contribution in [0.15, 0.2) is 87.5 Å². The molecule has 4 unspecified atom stereocenters. The number of hydrogen-bond acceptors (Lipinski definition) is 2. The first-order valence-electron chi connectivity index (χ1n) is 12.4. The second-order valence-corrected chi connectivity index (χ2v) is 12.6. The van der Waals surface area contributed by atoms with Crippen molar-refractivity contribution in [3.8, 4) is 5.75 Å². The summed E-state index contributed by atoms with van der Waals surface area (Å²) in [6.45, 7) is 4.72. The highest BCUT2D eigenvalue weighted by Gasteiger charge is 2.85. The first kappa shape index (κ1) is 20.2. The number of aryl methyl sites for hydroxylation is 2. The molecule has 4 fully saturated rings. The summed E-state index contributed by atoms with van der Waals surface area (Å²) in [6, 6.07) is 26.3. The highest BCUT2D eigenvalue weighted by molar-refractivity contribution is 7.97. The Hall–Kier alpha value is -2.23. The molecule has 3 heteroatoms. The molecule has 0 amide bonds. The number of rotatable bonds is 7. The van der Waals surface area contributed by atoms with E-state index < -0.39 is 0 Å². The quantitative estimate of drug-likeness (QED) is 0.288. The van der Waals surface area contributed by atoms with E-state index in [1.165, 1.54) is 45.1 Å². The van der Waals surface area contributed by atoms with Crippen LogP contribution in [0.1, 0.15) is 30.4 Å². The van der Waals surface area contributed by atoms with Crippen LogP contribution in [0.3, 0.4) is 0 Å². The fraction of sp³-hybridized carbons (Fsp3) is 0.400. The van der Waals surface area contributed by atoms with Crippen LogP contribution in [0.25, 0.3) is 0 Å². The molecule has 33 heavy (non-hydrogen) atoms. The van der Waals surface area contributed by atoms with Gasteiger partial charge in [0.2, 0.25) is 0 Å². The molecule has 0 aromatic heterocycles. The van der Waals surface area contributed by atoms with Crippen molar-refractivity contribution in [2.75, 3.05) is 6.79 Å². The van der Waals surface area contributed by atoms with Gasteiger partial charge in [0.15, 0.2) is 21.5 Å². The van der Waals surface area contributed by atoms with Gasteiger partial charge in [-0.05, 0) is 97.6 Å². The Morgan fingerprint density at radius 3 is 1.82 bits per heavy atom. The molecular weight excluding hydrogens is 424 g/mol. The average Bonchev–Trinajstić information content (AvgIpc) is 2.77. The monoisotopic (exact) mass is 455 g/mol. The molecule has 4 saturated carbocycles. The van der Waals surface area contributed by atoms with Crippen LogP contribution in [-0.4, -0.2) is 12.9 Å². The molecule has 0 heterocycles. The lowest BCUT2D eigenvalue weighted by molar-refractivity contribution is -0.430. The van der Waals surface area contributed by atoms with Gasteiger partial charge in [-0.3, -0.25) is 0 Å². The minimum Gasteiger partial charge on any atom is -0.467 e. The van der Waals surface area contributed by atoms with Gasteiger partial charge in [-0.25, -0.2) is 0 Å². The second-order valence-electron chi connectivity index (χ2n) is 10.5. The summed E-state index contributed by atoms with van der Waals surface area (Å²) in [5.41, 5.74) is 3.13. The molecule has 2 nitrogen and oxygen atoms in total. The summed E-state index contributed by atoms with van der Waals surface area (Å²) in [5, 5.41) is 0. The Morgan fingerprint density at radius 2 is 1.30 bits per heavy atom. The smallest absolute Gasteiger partial charge is 0.189 e. The van der Waals surface area contributed by atoms with Crippen molar-refractivity contribution >= 4 is 10.9 Å². The van der Waals surface area contributed by atoms with Crippen LogP contribution in [0.2, 0.25) is 0 Å². The zero-order chi connectivity index (χ0) is 22.2. The Kier molecular flexibility index (Phi) is 4.51. The zero-order valence-electron chi connectivity index (χ0n) is 19.4. The molecule has 0 N–H and O–H groups in total. The van der Waals surface area contributed by atoms with Crippen LogP contribution in [0.5, 0.6) is 5.75 Å². The lowest BCUT2D eigenvalue weighted by Crippen LogP contribution is -2.85. The minimum atomic E-state index is -0.138. The van der Waals surface area contributed by atoms with E-state index in [1.807, 2.05) is 0 Å². The predicted octanol–water partition coefficient (Wildman–Crippen LogP) is 6.80. The summed E-state index contributed by atoms with van der Waals surface area (Å²) >= 11 is 0. The van der Waals surface area contributed by atoms with E-state index in [-0.39, 0.29) is 10.9 Å². The molecule has 4 aliphatic rings. The molecule has 0 bridgehead atoms. The summed E-state index contributed by atoms with van der Waals surface area (Å²) in [6.07, 6.45) is 4.78. The molecule has 4 aliphatic carbocycles. The maximum absolute atomic E-state index is 6.32. The van der Waals surface area contributed by atoms with Gasteiger partial charge in [0, 0.05) is 12.1 Å². The van der Waals surface area contributed by atoms with Gasteiger partial charge >= 0.3 is 0 Å². The fourth-order valence-electron chi connectivity index (χ4n) is 7.89. The summed E-state index contributed by atoms with van der Waals surface area (Å²) in [7, 11) is -0.138. The fourth-order valence-corrected chi connectivity index (χ4v) is 10.2. The molecule has 0 aliphatic heterocycles. The lowest BCUT2D eigenvalue weighted by atomic mass is 9.17. The molecule has 4 atom stereocenters. The van der Waals surface area contributed by atoms with Gasteiger partial charge in [0.25, 0.3) is 0 Å². The van der Waals surface area contributed by atoms with Crippen molar-refractivity contribution in [1.29, 1.82) is 0 Å². The van der Waals surface area contributed by atoms with E-state index in [0.717, 1.165) is 34.8 Å². The van der Waals surface area contributed by atoms with Crippen LogP contribution in [0, 0.1) is 42.9 Å². The molecule has 3 aromatic rings. The van der Waals surface area contributed by atoms with E-state index in [9.17, 15) is 0 Å². The summed E-state index contributed by atoms with van der Waals surface area (Å²) < 4.78 is 12.6. The maximum Gasteiger partial charge on any atom is 0.189 e. The maximum atomic E-state index is 6.32. The largest absolute Gasteiger partial charge is 0.467 e. The van der Waals surface area contributed by atoms with Crippen LogP contribution in [-0.2, 0) is 15.6 Å². The third kappa shape index (κ3) is 2.73. The molecule has 0 saturated heterocycles. The van der Waals surface area contributed by atoms with Crippen LogP contribution in [0.4, 0.5) is 0 Å². The SMILES string of the molecule is Cc1cc([S+](c2ccccc2)c2ccccc2)cc(C)c1OCOC1C2CC3CC4CC1C342. The number of hydrogen-bond donors (Lipinski definition) is 0. The zero-order valence-corrected chi connectivity index (χ0v) is 20.2. The highest BCUT2D eigenvalue weighted by Crippen LogP contribution is 2.87. The Morgan fingerprint density at radius 1 is 0.758 bits per heavy atom. The van der Waals surface area contributed by atoms with Crippen molar-refractivity contribution < 1.29 is 9.47 Å². The van der Waals surface area contributed by atoms with Crippen molar-refractivity contribution in [3.05, 3.63) is 83.9 Å². The average molecular weight is 456 g/mol. The van der Waals surface area contributed by atoms with E-state index in [2.05, 4.69) is 86.6 Å². The minimum absolute atomic E-state index is 0.138. The first-order chi connectivity index (χ1) is 16.2. The molecule has 168 valence electrons. The number of ether oxygens (including phenoxy) is 2. The molecule has 0 radical (unpaired) electrons. The Balaban J connectivity index is 1.10. The van der Waals surface area contributed by atoms with Gasteiger partial charge in [0.1, 0.15) is 5.75 Å².